The van der Waals surface area contributed by atoms with Gasteiger partial charge in [-0.15, -0.1) is 0 Å². The van der Waals surface area contributed by atoms with Crippen molar-refractivity contribution in [2.24, 2.45) is 0 Å². The van der Waals surface area contributed by atoms with Gasteiger partial charge < -0.3 is 14.4 Å². The fraction of sp³-hybridized carbons (Fsp3) is 0.160. The summed E-state index contributed by atoms with van der Waals surface area (Å²) in [5.74, 6) is -2.79. The van der Waals surface area contributed by atoms with Crippen molar-refractivity contribution in [3.05, 3.63) is 168 Å². The summed E-state index contributed by atoms with van der Waals surface area (Å²) in [6, 6.07) is 40.6. The molecule has 1 aromatic heterocycles. The van der Waals surface area contributed by atoms with E-state index in [1.807, 2.05) is 46.2 Å². The standard InChI is InChI=1S/C50H40BF4N3/c1-49(2,3)29-15-19-42-36(23-29)51-37-24-30(50(4,5)6)16-20-43(37)58(45-22-18-32(53)26-39(45)55)47-28-33(27-46(48(47)51)57(42)44-21-17-31(52)25-38(44)54)56-40-13-9-7-11-34(40)35-12-8-10-14-41(35)56/h7-28H,1-6H3. The fourth-order valence-electron chi connectivity index (χ4n) is 9.10. The molecule has 0 saturated heterocycles. The molecular formula is C50H40BF4N3. The van der Waals surface area contributed by atoms with Gasteiger partial charge in [-0.05, 0) is 99.0 Å². The van der Waals surface area contributed by atoms with Crippen molar-refractivity contribution in [3.63, 3.8) is 0 Å². The second-order valence-corrected chi connectivity index (χ2v) is 17.6. The molecule has 10 rings (SSSR count). The van der Waals surface area contributed by atoms with Gasteiger partial charge in [0.15, 0.2) is 0 Å². The van der Waals surface area contributed by atoms with Crippen molar-refractivity contribution in [1.29, 1.82) is 0 Å². The molecule has 0 atom stereocenters. The van der Waals surface area contributed by atoms with Gasteiger partial charge in [0.05, 0.1) is 28.1 Å². The first kappa shape index (κ1) is 36.1. The molecule has 0 unspecified atom stereocenters. The van der Waals surface area contributed by atoms with Gasteiger partial charge >= 0.3 is 0 Å². The second kappa shape index (κ2) is 12.6. The zero-order valence-corrected chi connectivity index (χ0v) is 33.1. The summed E-state index contributed by atoms with van der Waals surface area (Å²) in [4.78, 5) is 3.78. The molecule has 0 saturated carbocycles. The number of hydrogen-bond donors (Lipinski definition) is 0. The number of rotatable bonds is 3. The van der Waals surface area contributed by atoms with Crippen molar-refractivity contribution in [2.45, 2.75) is 52.4 Å². The Kier molecular flexibility index (Phi) is 7.85. The Bertz CT molecular complexity index is 2810. The smallest absolute Gasteiger partial charge is 0.252 e. The van der Waals surface area contributed by atoms with E-state index < -0.39 is 23.3 Å². The highest BCUT2D eigenvalue weighted by molar-refractivity contribution is 7.00. The molecule has 0 N–H and O–H groups in total. The first-order chi connectivity index (χ1) is 27.7. The van der Waals surface area contributed by atoms with E-state index >= 15 is 8.78 Å². The molecule has 0 spiro atoms. The molecule has 3 heterocycles. The third-order valence-electron chi connectivity index (χ3n) is 11.9. The zero-order valence-electron chi connectivity index (χ0n) is 33.1. The van der Waals surface area contributed by atoms with Gasteiger partial charge in [0.2, 0.25) is 0 Å². The van der Waals surface area contributed by atoms with E-state index in [0.29, 0.717) is 11.4 Å². The van der Waals surface area contributed by atoms with E-state index in [9.17, 15) is 8.78 Å². The molecule has 0 radical (unpaired) electrons. The third-order valence-corrected chi connectivity index (χ3v) is 11.9. The normalized spacial score (nSPS) is 13.6. The van der Waals surface area contributed by atoms with Crippen LogP contribution in [0.5, 0.6) is 0 Å². The molecule has 2 aliphatic rings. The summed E-state index contributed by atoms with van der Waals surface area (Å²) in [5, 5.41) is 2.12. The van der Waals surface area contributed by atoms with Crippen LogP contribution < -0.4 is 26.2 Å². The van der Waals surface area contributed by atoms with Gasteiger partial charge in [-0.2, -0.15) is 0 Å². The lowest BCUT2D eigenvalue weighted by molar-refractivity contribution is 0.583. The first-order valence-corrected chi connectivity index (χ1v) is 19.6. The van der Waals surface area contributed by atoms with Crippen LogP contribution in [0.3, 0.4) is 0 Å². The molecule has 8 heteroatoms. The first-order valence-electron chi connectivity index (χ1n) is 19.6. The van der Waals surface area contributed by atoms with Crippen LogP contribution in [0, 0.1) is 23.3 Å². The molecule has 0 amide bonds. The summed E-state index contributed by atoms with van der Waals surface area (Å²) < 4.78 is 64.5. The molecule has 3 nitrogen and oxygen atoms in total. The van der Waals surface area contributed by atoms with E-state index in [-0.39, 0.29) is 28.9 Å². The minimum atomic E-state index is -0.715. The number of aromatic nitrogens is 1. The van der Waals surface area contributed by atoms with Crippen LogP contribution >= 0.6 is 0 Å². The number of nitrogens with zero attached hydrogens (tertiary/aromatic N) is 3. The lowest BCUT2D eigenvalue weighted by Gasteiger charge is -2.45. The Hall–Kier alpha value is -6.28. The summed E-state index contributed by atoms with van der Waals surface area (Å²) >= 11 is 0. The van der Waals surface area contributed by atoms with Crippen molar-refractivity contribution in [3.8, 4) is 5.69 Å². The molecule has 8 aromatic rings. The molecule has 2 aliphatic heterocycles. The highest BCUT2D eigenvalue weighted by atomic mass is 19.1. The Morgan fingerprint density at radius 3 is 1.26 bits per heavy atom. The van der Waals surface area contributed by atoms with E-state index in [0.717, 1.165) is 78.5 Å². The zero-order chi connectivity index (χ0) is 40.4. The number of anilines is 6. The van der Waals surface area contributed by atoms with Crippen LogP contribution in [0.25, 0.3) is 27.5 Å². The van der Waals surface area contributed by atoms with Gasteiger partial charge in [0, 0.05) is 45.7 Å². The average molecular weight is 770 g/mol. The maximum atomic E-state index is 16.4. The lowest BCUT2D eigenvalue weighted by Crippen LogP contribution is -2.61. The highest BCUT2D eigenvalue weighted by Gasteiger charge is 2.45. The van der Waals surface area contributed by atoms with Crippen molar-refractivity contribution >= 4 is 79.0 Å². The third kappa shape index (κ3) is 5.41. The number of fused-ring (bicyclic) bond motifs is 7. The van der Waals surface area contributed by atoms with Gasteiger partial charge in [0.1, 0.15) is 23.3 Å². The van der Waals surface area contributed by atoms with Crippen LogP contribution in [0.1, 0.15) is 52.7 Å². The Balaban J connectivity index is 1.40. The van der Waals surface area contributed by atoms with Crippen LogP contribution in [-0.4, -0.2) is 11.3 Å². The van der Waals surface area contributed by atoms with Gasteiger partial charge in [-0.25, -0.2) is 17.6 Å². The maximum Gasteiger partial charge on any atom is 0.252 e. The average Bonchev–Trinajstić information content (AvgIpc) is 3.52. The lowest BCUT2D eigenvalue weighted by atomic mass is 9.33. The van der Waals surface area contributed by atoms with Gasteiger partial charge in [0.25, 0.3) is 6.71 Å². The number of para-hydroxylation sites is 2. The number of benzene rings is 7. The van der Waals surface area contributed by atoms with Crippen LogP contribution in [0.2, 0.25) is 0 Å². The predicted molar refractivity (Wildman–Crippen MR) is 232 cm³/mol. The van der Waals surface area contributed by atoms with Crippen molar-refractivity contribution < 1.29 is 17.6 Å². The number of hydrogen-bond acceptors (Lipinski definition) is 2. The largest absolute Gasteiger partial charge is 0.309 e. The van der Waals surface area contributed by atoms with Gasteiger partial charge in [-0.1, -0.05) is 102 Å². The van der Waals surface area contributed by atoms with E-state index in [4.69, 9.17) is 0 Å². The van der Waals surface area contributed by atoms with Gasteiger partial charge in [-0.3, -0.25) is 0 Å². The molecule has 0 fully saturated rings. The van der Waals surface area contributed by atoms with E-state index in [1.54, 1.807) is 0 Å². The molecular weight excluding hydrogens is 729 g/mol. The second-order valence-electron chi connectivity index (χ2n) is 17.6. The Morgan fingerprint density at radius 1 is 0.431 bits per heavy atom. The summed E-state index contributed by atoms with van der Waals surface area (Å²) in [6.45, 7) is 12.6. The number of halogens is 4. The summed E-state index contributed by atoms with van der Waals surface area (Å²) in [6.07, 6.45) is 0. The summed E-state index contributed by atoms with van der Waals surface area (Å²) in [5.41, 5.74) is 10.4. The van der Waals surface area contributed by atoms with E-state index in [2.05, 4.69) is 107 Å². The maximum absolute atomic E-state index is 16.4. The van der Waals surface area contributed by atoms with Crippen molar-refractivity contribution in [2.75, 3.05) is 9.80 Å². The predicted octanol–water partition coefficient (Wildman–Crippen LogP) is 12.0. The summed E-state index contributed by atoms with van der Waals surface area (Å²) in [7, 11) is 0. The fourth-order valence-corrected chi connectivity index (χ4v) is 9.10. The van der Waals surface area contributed by atoms with Crippen LogP contribution in [0.15, 0.2) is 133 Å². The van der Waals surface area contributed by atoms with E-state index in [1.165, 1.54) is 24.3 Å². The highest BCUT2D eigenvalue weighted by Crippen LogP contribution is 2.48. The molecule has 0 aliphatic carbocycles. The SMILES string of the molecule is CC(C)(C)c1ccc2c(c1)B1c3cc(C(C)(C)C)ccc3N(c3ccc(F)cc3F)c3cc(-n4c5ccccc5c5ccccc54)cc(c31)N2c1ccc(F)cc1F. The molecule has 58 heavy (non-hydrogen) atoms. The van der Waals surface area contributed by atoms with Crippen molar-refractivity contribution in [1.82, 2.24) is 4.57 Å². The molecule has 286 valence electrons. The Morgan fingerprint density at radius 2 is 0.845 bits per heavy atom. The van der Waals surface area contributed by atoms with Crippen LogP contribution in [0.4, 0.5) is 51.7 Å². The minimum Gasteiger partial charge on any atom is -0.309 e. The minimum absolute atomic E-state index is 0.180. The Labute approximate surface area is 335 Å². The monoisotopic (exact) mass is 769 g/mol. The topological polar surface area (TPSA) is 11.4 Å². The molecule has 0 bridgehead atoms. The molecule has 7 aromatic carbocycles. The quantitative estimate of drug-likeness (QED) is 0.131. The van der Waals surface area contributed by atoms with Crippen LogP contribution in [-0.2, 0) is 10.8 Å².